The van der Waals surface area contributed by atoms with Gasteiger partial charge in [0.05, 0.1) is 0 Å². The van der Waals surface area contributed by atoms with Gasteiger partial charge in [-0.25, -0.2) is 0 Å². The SMILES string of the molecule is CCCCCCCC/C=C\CCCCCCCCOCCCCCCCC/C=C\CCCCCCCC.[H-].[H-].[Na+].[Na+]. The second-order valence-electron chi connectivity index (χ2n) is 11.5. The largest absolute Gasteiger partial charge is 1.00 e. The summed E-state index contributed by atoms with van der Waals surface area (Å²) in [7, 11) is 0. The van der Waals surface area contributed by atoms with Gasteiger partial charge in [0.15, 0.2) is 0 Å². The van der Waals surface area contributed by atoms with Crippen LogP contribution in [-0.4, -0.2) is 13.2 Å². The first-order chi connectivity index (χ1) is 18.4. The van der Waals surface area contributed by atoms with Crippen LogP contribution in [0.25, 0.3) is 0 Å². The molecule has 1 nitrogen and oxygen atoms in total. The van der Waals surface area contributed by atoms with Crippen molar-refractivity contribution in [1.29, 1.82) is 0 Å². The van der Waals surface area contributed by atoms with E-state index in [2.05, 4.69) is 38.2 Å². The normalized spacial score (nSPS) is 11.3. The zero-order chi connectivity index (χ0) is 26.7. The van der Waals surface area contributed by atoms with E-state index in [9.17, 15) is 0 Å². The molecule has 0 aliphatic rings. The Balaban J connectivity index is -0.00000108. The summed E-state index contributed by atoms with van der Waals surface area (Å²) in [5.74, 6) is 0. The first kappa shape index (κ1) is 44.9. The molecule has 0 aliphatic carbocycles. The molecule has 0 atom stereocenters. The van der Waals surface area contributed by atoms with Gasteiger partial charge in [-0.3, -0.25) is 0 Å². The van der Waals surface area contributed by atoms with Crippen LogP contribution in [0.15, 0.2) is 24.3 Å². The molecule has 39 heavy (non-hydrogen) atoms. The Morgan fingerprint density at radius 3 is 0.846 bits per heavy atom. The zero-order valence-corrected chi connectivity index (χ0v) is 31.9. The third-order valence-corrected chi connectivity index (χ3v) is 7.60. The van der Waals surface area contributed by atoms with E-state index >= 15 is 0 Å². The molecule has 0 saturated carbocycles. The molecule has 0 amide bonds. The van der Waals surface area contributed by atoms with Gasteiger partial charge in [0.25, 0.3) is 0 Å². The first-order valence-corrected chi connectivity index (χ1v) is 17.3. The van der Waals surface area contributed by atoms with E-state index in [0.717, 1.165) is 13.2 Å². The van der Waals surface area contributed by atoms with Gasteiger partial charge in [-0.15, -0.1) is 0 Å². The van der Waals surface area contributed by atoms with Gasteiger partial charge in [-0.2, -0.15) is 0 Å². The average molecular weight is 567 g/mol. The van der Waals surface area contributed by atoms with E-state index in [1.54, 1.807) is 0 Å². The van der Waals surface area contributed by atoms with Crippen LogP contribution in [0.3, 0.4) is 0 Å². The van der Waals surface area contributed by atoms with Crippen molar-refractivity contribution in [2.75, 3.05) is 13.2 Å². The Hall–Kier alpha value is 1.44. The van der Waals surface area contributed by atoms with Crippen LogP contribution in [-0.2, 0) is 4.74 Å². The molecular weight excluding hydrogens is 494 g/mol. The third-order valence-electron chi connectivity index (χ3n) is 7.60. The van der Waals surface area contributed by atoms with Gasteiger partial charge in [-0.05, 0) is 64.2 Å². The maximum atomic E-state index is 5.85. The molecule has 3 heteroatoms. The van der Waals surface area contributed by atoms with E-state index < -0.39 is 0 Å². The molecular formula is C36H72Na2O. The minimum absolute atomic E-state index is 0. The molecule has 0 bridgehead atoms. The van der Waals surface area contributed by atoms with E-state index in [1.807, 2.05) is 0 Å². The van der Waals surface area contributed by atoms with Gasteiger partial charge in [0.2, 0.25) is 0 Å². The van der Waals surface area contributed by atoms with Gasteiger partial charge < -0.3 is 7.59 Å². The number of ether oxygens (including phenoxy) is 1. The Bertz CT molecular complexity index is 421. The van der Waals surface area contributed by atoms with Gasteiger partial charge in [0, 0.05) is 13.2 Å². The van der Waals surface area contributed by atoms with Gasteiger partial charge >= 0.3 is 59.1 Å². The molecule has 0 saturated heterocycles. The quantitative estimate of drug-likeness (QED) is 0.0471. The fourth-order valence-electron chi connectivity index (χ4n) is 5.01. The second kappa shape index (κ2) is 43.9. The van der Waals surface area contributed by atoms with Crippen molar-refractivity contribution in [3.63, 3.8) is 0 Å². The molecule has 0 N–H and O–H groups in total. The van der Waals surface area contributed by atoms with Crippen molar-refractivity contribution in [3.8, 4) is 0 Å². The smallest absolute Gasteiger partial charge is 1.00 e. The maximum Gasteiger partial charge on any atom is 1.00 e. The average Bonchev–Trinajstić information content (AvgIpc) is 2.91. The van der Waals surface area contributed by atoms with Crippen LogP contribution in [0.5, 0.6) is 0 Å². The van der Waals surface area contributed by atoms with Crippen LogP contribution in [0.2, 0.25) is 0 Å². The Labute approximate surface area is 295 Å². The fourth-order valence-corrected chi connectivity index (χ4v) is 5.01. The first-order valence-electron chi connectivity index (χ1n) is 17.3. The summed E-state index contributed by atoms with van der Waals surface area (Å²) in [6.07, 6.45) is 48.1. The predicted octanol–water partition coefficient (Wildman–Crippen LogP) is 7.31. The summed E-state index contributed by atoms with van der Waals surface area (Å²) in [4.78, 5) is 0. The predicted molar refractivity (Wildman–Crippen MR) is 172 cm³/mol. The molecule has 0 aromatic carbocycles. The standard InChI is InChI=1S/C36H70O.2Na.2H/c1-3-5-7-9-11-13-15-17-19-21-23-25-27-29-31-33-35-37-36-34-32-30-28-26-24-22-20-18-16-14-12-10-8-6-4-2;;;;/h17-20H,3-16,21-36H2,1-2H3;;;;/q;2*+1;2*-1/b19-17-,20-18-;;;;. The van der Waals surface area contributed by atoms with E-state index in [0.29, 0.717) is 0 Å². The van der Waals surface area contributed by atoms with Crippen LogP contribution in [0, 0.1) is 0 Å². The minimum Gasteiger partial charge on any atom is -1.00 e. The van der Waals surface area contributed by atoms with Crippen molar-refractivity contribution in [3.05, 3.63) is 24.3 Å². The van der Waals surface area contributed by atoms with Gasteiger partial charge in [0.1, 0.15) is 0 Å². The Morgan fingerprint density at radius 2 is 0.564 bits per heavy atom. The van der Waals surface area contributed by atoms with Crippen molar-refractivity contribution < 1.29 is 66.7 Å². The Morgan fingerprint density at radius 1 is 0.333 bits per heavy atom. The summed E-state index contributed by atoms with van der Waals surface area (Å²) >= 11 is 0. The summed E-state index contributed by atoms with van der Waals surface area (Å²) in [5.41, 5.74) is 0. The van der Waals surface area contributed by atoms with E-state index in [1.165, 1.54) is 180 Å². The van der Waals surface area contributed by atoms with Crippen LogP contribution in [0.1, 0.15) is 196 Å². The van der Waals surface area contributed by atoms with Crippen molar-refractivity contribution >= 4 is 0 Å². The maximum absolute atomic E-state index is 5.85. The van der Waals surface area contributed by atoms with Crippen LogP contribution < -0.4 is 59.1 Å². The van der Waals surface area contributed by atoms with Gasteiger partial charge in [-0.1, -0.05) is 154 Å². The molecule has 0 unspecified atom stereocenters. The number of allylic oxidation sites excluding steroid dienone is 4. The van der Waals surface area contributed by atoms with E-state index in [-0.39, 0.29) is 62.0 Å². The summed E-state index contributed by atoms with van der Waals surface area (Å²) in [6, 6.07) is 0. The Kier molecular flexibility index (Phi) is 50.5. The van der Waals surface area contributed by atoms with Crippen LogP contribution in [0.4, 0.5) is 0 Å². The van der Waals surface area contributed by atoms with E-state index in [4.69, 9.17) is 4.74 Å². The number of hydrogen-bond acceptors (Lipinski definition) is 1. The molecule has 0 aromatic rings. The second-order valence-corrected chi connectivity index (χ2v) is 11.5. The monoisotopic (exact) mass is 567 g/mol. The third kappa shape index (κ3) is 44.0. The molecule has 224 valence electrons. The topological polar surface area (TPSA) is 9.23 Å². The van der Waals surface area contributed by atoms with Crippen molar-refractivity contribution in [2.24, 2.45) is 0 Å². The summed E-state index contributed by atoms with van der Waals surface area (Å²) < 4.78 is 5.85. The number of rotatable bonds is 32. The molecule has 0 spiro atoms. The minimum atomic E-state index is 0. The van der Waals surface area contributed by atoms with Crippen LogP contribution >= 0.6 is 0 Å². The summed E-state index contributed by atoms with van der Waals surface area (Å²) in [6.45, 7) is 6.54. The fraction of sp³-hybridized carbons (Fsp3) is 0.889. The summed E-state index contributed by atoms with van der Waals surface area (Å²) in [5, 5.41) is 0. The molecule has 0 heterocycles. The number of hydrogen-bond donors (Lipinski definition) is 0. The number of unbranched alkanes of at least 4 members (excludes halogenated alkanes) is 24. The van der Waals surface area contributed by atoms with Crippen molar-refractivity contribution in [1.82, 2.24) is 0 Å². The molecule has 0 rings (SSSR count). The van der Waals surface area contributed by atoms with Crippen molar-refractivity contribution in [2.45, 2.75) is 194 Å². The molecule has 0 radical (unpaired) electrons. The molecule has 0 aliphatic heterocycles. The molecule has 0 aromatic heterocycles. The zero-order valence-electron chi connectivity index (χ0n) is 29.9. The molecule has 0 fully saturated rings.